The molecule has 0 bridgehead atoms. The SMILES string of the molecule is C=CCN1CCN(C(c2ccccc2)c2nnnn2Cc2ccc(OC)cc2)CC1.Cl. The summed E-state index contributed by atoms with van der Waals surface area (Å²) in [6.45, 7) is 9.35. The van der Waals surface area contributed by atoms with Crippen molar-refractivity contribution in [3.63, 3.8) is 0 Å². The van der Waals surface area contributed by atoms with Crippen LogP contribution in [0.25, 0.3) is 0 Å². The first-order valence-electron chi connectivity index (χ1n) is 10.3. The fourth-order valence-electron chi connectivity index (χ4n) is 3.97. The van der Waals surface area contributed by atoms with Crippen LogP contribution in [0.5, 0.6) is 5.75 Å². The molecule has 8 heteroatoms. The van der Waals surface area contributed by atoms with Crippen LogP contribution < -0.4 is 4.74 Å². The van der Waals surface area contributed by atoms with Crippen molar-refractivity contribution in [3.05, 3.63) is 84.2 Å². The smallest absolute Gasteiger partial charge is 0.173 e. The Labute approximate surface area is 189 Å². The van der Waals surface area contributed by atoms with Crippen LogP contribution in [-0.4, -0.2) is 69.8 Å². The van der Waals surface area contributed by atoms with Crippen LogP contribution in [0.4, 0.5) is 0 Å². The molecule has 0 amide bonds. The molecule has 1 aliphatic rings. The lowest BCUT2D eigenvalue weighted by molar-refractivity contribution is 0.112. The van der Waals surface area contributed by atoms with Crippen molar-refractivity contribution < 1.29 is 4.74 Å². The lowest BCUT2D eigenvalue weighted by Gasteiger charge is -2.38. The Morgan fingerprint density at radius 2 is 1.74 bits per heavy atom. The molecule has 0 saturated carbocycles. The number of methoxy groups -OCH3 is 1. The third kappa shape index (κ3) is 5.50. The van der Waals surface area contributed by atoms with Gasteiger partial charge in [-0.1, -0.05) is 48.5 Å². The van der Waals surface area contributed by atoms with Gasteiger partial charge in [0.25, 0.3) is 0 Å². The molecule has 1 aromatic heterocycles. The molecule has 1 saturated heterocycles. The molecule has 0 aliphatic carbocycles. The Balaban J connectivity index is 0.00000272. The molecular formula is C23H29ClN6O. The van der Waals surface area contributed by atoms with E-state index in [1.165, 1.54) is 5.56 Å². The standard InChI is InChI=1S/C23H28N6O.ClH/c1-3-13-27-14-16-28(17-15-27)22(20-7-5-4-6-8-20)23-24-25-26-29(23)18-19-9-11-21(30-2)12-10-19;/h3-12,22H,1,13-18H2,2H3;1H. The molecule has 0 N–H and O–H groups in total. The predicted molar refractivity (Wildman–Crippen MR) is 124 cm³/mol. The van der Waals surface area contributed by atoms with Gasteiger partial charge >= 0.3 is 0 Å². The summed E-state index contributed by atoms with van der Waals surface area (Å²) in [5.41, 5.74) is 2.34. The minimum absolute atomic E-state index is 0. The van der Waals surface area contributed by atoms with Crippen LogP contribution in [0.1, 0.15) is 23.0 Å². The summed E-state index contributed by atoms with van der Waals surface area (Å²) in [5.74, 6) is 1.71. The minimum atomic E-state index is 0. The van der Waals surface area contributed by atoms with E-state index in [4.69, 9.17) is 4.74 Å². The molecule has 2 aromatic carbocycles. The maximum Gasteiger partial charge on any atom is 0.173 e. The van der Waals surface area contributed by atoms with Gasteiger partial charge in [-0.3, -0.25) is 9.80 Å². The minimum Gasteiger partial charge on any atom is -0.497 e. The number of tetrazole rings is 1. The zero-order valence-corrected chi connectivity index (χ0v) is 18.6. The van der Waals surface area contributed by atoms with Gasteiger partial charge < -0.3 is 4.74 Å². The van der Waals surface area contributed by atoms with E-state index in [1.807, 2.05) is 29.0 Å². The van der Waals surface area contributed by atoms with Crippen molar-refractivity contribution in [2.45, 2.75) is 12.6 Å². The number of aromatic nitrogens is 4. The Kier molecular flexibility index (Phi) is 8.17. The number of piperazine rings is 1. The number of nitrogens with zero attached hydrogens (tertiary/aromatic N) is 6. The van der Waals surface area contributed by atoms with E-state index in [1.54, 1.807) is 7.11 Å². The Morgan fingerprint density at radius 1 is 1.03 bits per heavy atom. The first kappa shape index (κ1) is 22.9. The molecule has 31 heavy (non-hydrogen) atoms. The van der Waals surface area contributed by atoms with Gasteiger partial charge in [-0.25, -0.2) is 4.68 Å². The summed E-state index contributed by atoms with van der Waals surface area (Å²) in [5, 5.41) is 12.8. The third-order valence-corrected chi connectivity index (χ3v) is 5.57. The third-order valence-electron chi connectivity index (χ3n) is 5.57. The fourth-order valence-corrected chi connectivity index (χ4v) is 3.97. The van der Waals surface area contributed by atoms with Crippen LogP contribution in [0.3, 0.4) is 0 Å². The van der Waals surface area contributed by atoms with Crippen LogP contribution in [0, 0.1) is 0 Å². The molecule has 3 aromatic rings. The molecule has 164 valence electrons. The van der Waals surface area contributed by atoms with Crippen molar-refractivity contribution in [2.75, 3.05) is 39.8 Å². The van der Waals surface area contributed by atoms with Crippen LogP contribution in [0.2, 0.25) is 0 Å². The molecule has 1 atom stereocenters. The summed E-state index contributed by atoms with van der Waals surface area (Å²) in [4.78, 5) is 4.90. The summed E-state index contributed by atoms with van der Waals surface area (Å²) in [6, 6.07) is 18.6. The molecule has 1 fully saturated rings. The van der Waals surface area contributed by atoms with E-state index in [0.717, 1.165) is 49.9 Å². The highest BCUT2D eigenvalue weighted by atomic mass is 35.5. The van der Waals surface area contributed by atoms with Crippen molar-refractivity contribution in [3.8, 4) is 5.75 Å². The number of rotatable bonds is 8. The van der Waals surface area contributed by atoms with Gasteiger partial charge in [0.2, 0.25) is 0 Å². The topological polar surface area (TPSA) is 59.3 Å². The summed E-state index contributed by atoms with van der Waals surface area (Å²) >= 11 is 0. The zero-order valence-electron chi connectivity index (χ0n) is 17.8. The van der Waals surface area contributed by atoms with Gasteiger partial charge in [-0.2, -0.15) is 0 Å². The first-order chi connectivity index (χ1) is 14.8. The molecule has 1 aliphatic heterocycles. The quantitative estimate of drug-likeness (QED) is 0.502. The summed E-state index contributed by atoms with van der Waals surface area (Å²) < 4.78 is 7.18. The Bertz CT molecular complexity index is 938. The maximum atomic E-state index is 5.27. The zero-order chi connectivity index (χ0) is 20.8. The molecule has 1 unspecified atom stereocenters. The molecule has 0 spiro atoms. The Hall–Kier alpha value is -2.74. The normalized spacial score (nSPS) is 15.8. The lowest BCUT2D eigenvalue weighted by Crippen LogP contribution is -2.48. The molecule has 0 radical (unpaired) electrons. The van der Waals surface area contributed by atoms with Crippen molar-refractivity contribution in [1.29, 1.82) is 0 Å². The fraction of sp³-hybridized carbons (Fsp3) is 0.348. The van der Waals surface area contributed by atoms with Gasteiger partial charge in [0.1, 0.15) is 5.75 Å². The first-order valence-corrected chi connectivity index (χ1v) is 10.3. The number of hydrogen-bond acceptors (Lipinski definition) is 6. The Morgan fingerprint density at radius 3 is 2.39 bits per heavy atom. The van der Waals surface area contributed by atoms with E-state index in [0.29, 0.717) is 6.54 Å². The summed E-state index contributed by atoms with van der Waals surface area (Å²) in [7, 11) is 1.67. The van der Waals surface area contributed by atoms with Crippen molar-refractivity contribution in [2.24, 2.45) is 0 Å². The number of ether oxygens (including phenoxy) is 1. The average Bonchev–Trinajstić information content (AvgIpc) is 3.24. The highest BCUT2D eigenvalue weighted by Crippen LogP contribution is 2.28. The van der Waals surface area contributed by atoms with Gasteiger partial charge in [-0.05, 0) is 33.7 Å². The predicted octanol–water partition coefficient (Wildman–Crippen LogP) is 3.04. The van der Waals surface area contributed by atoms with Gasteiger partial charge in [-0.15, -0.1) is 24.1 Å². The average molecular weight is 441 g/mol. The van der Waals surface area contributed by atoms with E-state index in [2.05, 4.69) is 68.3 Å². The second-order valence-electron chi connectivity index (χ2n) is 7.48. The lowest BCUT2D eigenvalue weighted by atomic mass is 10.0. The molecule has 7 nitrogen and oxygen atoms in total. The van der Waals surface area contributed by atoms with Crippen molar-refractivity contribution >= 4 is 12.4 Å². The highest BCUT2D eigenvalue weighted by molar-refractivity contribution is 5.85. The largest absolute Gasteiger partial charge is 0.497 e. The highest BCUT2D eigenvalue weighted by Gasteiger charge is 2.30. The van der Waals surface area contributed by atoms with Gasteiger partial charge in [0, 0.05) is 32.7 Å². The van der Waals surface area contributed by atoms with Crippen molar-refractivity contribution in [1.82, 2.24) is 30.0 Å². The van der Waals surface area contributed by atoms with E-state index in [9.17, 15) is 0 Å². The number of benzene rings is 2. The van der Waals surface area contributed by atoms with Crippen LogP contribution >= 0.6 is 12.4 Å². The number of hydrogen-bond donors (Lipinski definition) is 0. The van der Waals surface area contributed by atoms with E-state index >= 15 is 0 Å². The second-order valence-corrected chi connectivity index (χ2v) is 7.48. The van der Waals surface area contributed by atoms with Gasteiger partial charge in [0.15, 0.2) is 5.82 Å². The van der Waals surface area contributed by atoms with Gasteiger partial charge in [0.05, 0.1) is 19.7 Å². The van der Waals surface area contributed by atoms with Crippen LogP contribution in [0.15, 0.2) is 67.3 Å². The molecular weight excluding hydrogens is 412 g/mol. The monoisotopic (exact) mass is 440 g/mol. The molecule has 2 heterocycles. The van der Waals surface area contributed by atoms with Crippen LogP contribution in [-0.2, 0) is 6.54 Å². The number of halogens is 1. The summed E-state index contributed by atoms with van der Waals surface area (Å²) in [6.07, 6.45) is 1.97. The van der Waals surface area contributed by atoms with E-state index in [-0.39, 0.29) is 18.4 Å². The maximum absolute atomic E-state index is 5.27. The molecule has 4 rings (SSSR count). The second kappa shape index (κ2) is 11.0. The van der Waals surface area contributed by atoms with E-state index < -0.39 is 0 Å².